The Bertz CT molecular complexity index is 1740. The van der Waals surface area contributed by atoms with E-state index >= 15 is 0 Å². The van der Waals surface area contributed by atoms with E-state index < -0.39 is 29.3 Å². The molecule has 2 amide bonds. The number of carbonyl (C=O) groups is 2. The number of halogens is 4. The standard InChI is InChI=1S/C29H25ClF3N7O2/c1-13-14(2)27(39-11-16-6-19(16)29(39)42)35-8-20(13)15(3)40-12-17(7-36-40)37-28(41)23-10-34-9-22(38-23)24-18(26(32)33)4-5-21(30)25(24)31/h4-5,7-10,12,15-16,19,26H,6,11H2,1-3H3,(H,37,41)/t15-,16-,19-/m1/s1. The average molecular weight is 596 g/mol. The predicted molar refractivity (Wildman–Crippen MR) is 149 cm³/mol. The SMILES string of the molecule is Cc1c([C@@H](C)n2cc(NC(=O)c3cncc(-c4c(C(F)F)ccc(Cl)c4F)n3)cn2)cnc(N2C[C@H]3C[C@H]3C2=O)c1C. The number of anilines is 2. The summed E-state index contributed by atoms with van der Waals surface area (Å²) in [6.45, 7) is 6.58. The molecule has 13 heteroatoms. The highest BCUT2D eigenvalue weighted by Crippen LogP contribution is 2.47. The van der Waals surface area contributed by atoms with Crippen molar-refractivity contribution < 1.29 is 22.8 Å². The van der Waals surface area contributed by atoms with E-state index in [9.17, 15) is 22.8 Å². The molecule has 0 bridgehead atoms. The summed E-state index contributed by atoms with van der Waals surface area (Å²) in [6, 6.07) is 1.80. The van der Waals surface area contributed by atoms with Gasteiger partial charge in [-0.3, -0.25) is 24.2 Å². The third-order valence-electron chi connectivity index (χ3n) is 8.03. The molecule has 4 aromatic rings. The Morgan fingerprint density at radius 2 is 1.90 bits per heavy atom. The lowest BCUT2D eigenvalue weighted by Crippen LogP contribution is -2.30. The van der Waals surface area contributed by atoms with Crippen molar-refractivity contribution >= 4 is 34.9 Å². The van der Waals surface area contributed by atoms with Gasteiger partial charge in [-0.2, -0.15) is 5.10 Å². The van der Waals surface area contributed by atoms with E-state index in [0.29, 0.717) is 24.0 Å². The average Bonchev–Trinajstić information content (AvgIpc) is 3.47. The maximum absolute atomic E-state index is 14.7. The van der Waals surface area contributed by atoms with Gasteiger partial charge in [-0.05, 0) is 55.9 Å². The first-order valence-electron chi connectivity index (χ1n) is 13.3. The molecule has 1 aliphatic heterocycles. The van der Waals surface area contributed by atoms with Gasteiger partial charge in [0.15, 0.2) is 5.82 Å². The Labute approximate surface area is 243 Å². The minimum atomic E-state index is -2.99. The number of alkyl halides is 2. The van der Waals surface area contributed by atoms with Crippen molar-refractivity contribution in [1.82, 2.24) is 24.7 Å². The van der Waals surface area contributed by atoms with Crippen LogP contribution in [-0.2, 0) is 4.79 Å². The molecule has 1 aromatic carbocycles. The van der Waals surface area contributed by atoms with Gasteiger partial charge in [0, 0.05) is 36.0 Å². The topological polar surface area (TPSA) is 106 Å². The van der Waals surface area contributed by atoms with Crippen LogP contribution in [0.4, 0.5) is 24.7 Å². The summed E-state index contributed by atoms with van der Waals surface area (Å²) >= 11 is 5.81. The Morgan fingerprint density at radius 1 is 1.12 bits per heavy atom. The highest BCUT2D eigenvalue weighted by atomic mass is 35.5. The Kier molecular flexibility index (Phi) is 6.96. The summed E-state index contributed by atoms with van der Waals surface area (Å²) in [6.07, 6.45) is 5.04. The highest BCUT2D eigenvalue weighted by molar-refractivity contribution is 6.31. The molecule has 0 radical (unpaired) electrons. The van der Waals surface area contributed by atoms with E-state index in [1.807, 2.05) is 20.8 Å². The van der Waals surface area contributed by atoms with E-state index in [-0.39, 0.29) is 34.3 Å². The van der Waals surface area contributed by atoms with Crippen molar-refractivity contribution in [3.05, 3.63) is 81.9 Å². The van der Waals surface area contributed by atoms with Crippen LogP contribution in [0.1, 0.15) is 58.6 Å². The highest BCUT2D eigenvalue weighted by Gasteiger charge is 2.53. The third-order valence-corrected chi connectivity index (χ3v) is 8.32. The van der Waals surface area contributed by atoms with Crippen molar-refractivity contribution in [3.63, 3.8) is 0 Å². The summed E-state index contributed by atoms with van der Waals surface area (Å²) in [4.78, 5) is 39.9. The van der Waals surface area contributed by atoms with Crippen molar-refractivity contribution in [3.8, 4) is 11.3 Å². The van der Waals surface area contributed by atoms with Gasteiger partial charge in [0.05, 0.1) is 41.0 Å². The number of hydrogen-bond donors (Lipinski definition) is 1. The molecule has 216 valence electrons. The number of nitrogens with zero attached hydrogens (tertiary/aromatic N) is 6. The van der Waals surface area contributed by atoms with Crippen molar-refractivity contribution in [1.29, 1.82) is 0 Å². The van der Waals surface area contributed by atoms with Crippen molar-refractivity contribution in [2.24, 2.45) is 11.8 Å². The van der Waals surface area contributed by atoms with Crippen molar-refractivity contribution in [2.45, 2.75) is 39.7 Å². The van der Waals surface area contributed by atoms with Crippen LogP contribution in [0.3, 0.4) is 0 Å². The van der Waals surface area contributed by atoms with Crippen LogP contribution in [0.25, 0.3) is 11.3 Å². The molecule has 1 saturated carbocycles. The van der Waals surface area contributed by atoms with Gasteiger partial charge in [-0.15, -0.1) is 0 Å². The fourth-order valence-corrected chi connectivity index (χ4v) is 5.58. The van der Waals surface area contributed by atoms with Gasteiger partial charge < -0.3 is 5.32 Å². The minimum absolute atomic E-state index is 0.143. The first-order valence-corrected chi connectivity index (χ1v) is 13.6. The number of carbonyl (C=O) groups excluding carboxylic acids is 2. The number of piperidine rings is 1. The van der Waals surface area contributed by atoms with E-state index in [2.05, 4.69) is 25.4 Å². The molecular formula is C29H25ClF3N7O2. The van der Waals surface area contributed by atoms with Gasteiger partial charge in [0.25, 0.3) is 12.3 Å². The van der Waals surface area contributed by atoms with Gasteiger partial charge in [0.1, 0.15) is 11.5 Å². The summed E-state index contributed by atoms with van der Waals surface area (Å²) in [5.74, 6) is -0.347. The van der Waals surface area contributed by atoms with Gasteiger partial charge in [-0.25, -0.2) is 23.1 Å². The molecule has 3 atom stereocenters. The second-order valence-electron chi connectivity index (χ2n) is 10.6. The predicted octanol–water partition coefficient (Wildman–Crippen LogP) is 5.93. The van der Waals surface area contributed by atoms with E-state index in [4.69, 9.17) is 11.6 Å². The molecule has 2 fully saturated rings. The van der Waals surface area contributed by atoms with Gasteiger partial charge >= 0.3 is 0 Å². The molecule has 6 rings (SSSR count). The van der Waals surface area contributed by atoms with Crippen LogP contribution >= 0.6 is 11.6 Å². The number of rotatable bonds is 7. The quantitative estimate of drug-likeness (QED) is 0.284. The van der Waals surface area contributed by atoms with Crippen LogP contribution in [0.2, 0.25) is 5.02 Å². The number of fused-ring (bicyclic) bond motifs is 1. The number of hydrogen-bond acceptors (Lipinski definition) is 6. The molecule has 42 heavy (non-hydrogen) atoms. The van der Waals surface area contributed by atoms with Gasteiger partial charge in [0.2, 0.25) is 5.91 Å². The molecule has 2 aliphatic rings. The first kappa shape index (κ1) is 27.8. The lowest BCUT2D eigenvalue weighted by atomic mass is 10.0. The van der Waals surface area contributed by atoms with Crippen LogP contribution in [-0.4, -0.2) is 43.1 Å². The maximum Gasteiger partial charge on any atom is 0.275 e. The molecule has 1 saturated heterocycles. The van der Waals surface area contributed by atoms with Crippen LogP contribution in [0.15, 0.2) is 43.1 Å². The number of amides is 2. The number of benzene rings is 1. The number of nitrogens with one attached hydrogen (secondary N) is 1. The number of aromatic nitrogens is 5. The van der Waals surface area contributed by atoms with Crippen LogP contribution in [0, 0.1) is 31.5 Å². The minimum Gasteiger partial charge on any atom is -0.318 e. The summed E-state index contributed by atoms with van der Waals surface area (Å²) in [5, 5.41) is 6.68. The summed E-state index contributed by atoms with van der Waals surface area (Å²) in [5.41, 5.74) is 1.58. The molecule has 0 unspecified atom stereocenters. The largest absolute Gasteiger partial charge is 0.318 e. The van der Waals surface area contributed by atoms with Crippen LogP contribution < -0.4 is 10.2 Å². The molecular weight excluding hydrogens is 571 g/mol. The molecule has 9 nitrogen and oxygen atoms in total. The molecule has 4 heterocycles. The molecule has 0 spiro atoms. The number of pyridine rings is 1. The summed E-state index contributed by atoms with van der Waals surface area (Å²) < 4.78 is 43.5. The second kappa shape index (κ2) is 10.5. The van der Waals surface area contributed by atoms with Crippen LogP contribution in [0.5, 0.6) is 0 Å². The fourth-order valence-electron chi connectivity index (χ4n) is 5.42. The Balaban J connectivity index is 1.20. The van der Waals surface area contributed by atoms with Crippen molar-refractivity contribution in [2.75, 3.05) is 16.8 Å². The maximum atomic E-state index is 14.7. The third kappa shape index (κ3) is 4.79. The Morgan fingerprint density at radius 3 is 2.62 bits per heavy atom. The first-order chi connectivity index (χ1) is 20.0. The van der Waals surface area contributed by atoms with E-state index in [1.165, 1.54) is 6.20 Å². The lowest BCUT2D eigenvalue weighted by molar-refractivity contribution is -0.118. The van der Waals surface area contributed by atoms with E-state index in [0.717, 1.165) is 47.6 Å². The lowest BCUT2D eigenvalue weighted by Gasteiger charge is -2.23. The molecule has 1 N–H and O–H groups in total. The molecule has 3 aromatic heterocycles. The zero-order valence-corrected chi connectivity index (χ0v) is 23.5. The normalized spacial score (nSPS) is 18.4. The molecule has 1 aliphatic carbocycles. The van der Waals surface area contributed by atoms with Gasteiger partial charge in [-0.1, -0.05) is 17.7 Å². The zero-order valence-electron chi connectivity index (χ0n) is 22.8. The summed E-state index contributed by atoms with van der Waals surface area (Å²) in [7, 11) is 0. The second-order valence-corrected chi connectivity index (χ2v) is 11.0. The Hall–Kier alpha value is -4.32. The fraction of sp³-hybridized carbons (Fsp3) is 0.310. The monoisotopic (exact) mass is 595 g/mol. The smallest absolute Gasteiger partial charge is 0.275 e. The van der Waals surface area contributed by atoms with E-state index in [1.54, 1.807) is 22.0 Å². The zero-order chi connectivity index (χ0) is 29.9.